The molecular weight excluding hydrogens is 390 g/mol. The third-order valence-electron chi connectivity index (χ3n) is 5.75. The highest BCUT2D eigenvalue weighted by Gasteiger charge is 2.29. The van der Waals surface area contributed by atoms with Gasteiger partial charge < -0.3 is 4.74 Å². The quantitative estimate of drug-likeness (QED) is 0.420. The number of aromatic nitrogens is 5. The first-order chi connectivity index (χ1) is 15.1. The summed E-state index contributed by atoms with van der Waals surface area (Å²) in [4.78, 5) is 17.0. The van der Waals surface area contributed by atoms with Gasteiger partial charge in [0, 0.05) is 12.8 Å². The SMILES string of the molecule is CCOC(=O)c1ncn2c1Cc1c(Cc3ccccc3C)nnn1-c1cc(C)ccc1-2. The fourth-order valence-electron chi connectivity index (χ4n) is 4.12. The van der Waals surface area contributed by atoms with Gasteiger partial charge in [-0.2, -0.15) is 0 Å². The van der Waals surface area contributed by atoms with E-state index in [-0.39, 0.29) is 0 Å². The van der Waals surface area contributed by atoms with Crippen molar-refractivity contribution in [3.8, 4) is 11.4 Å². The van der Waals surface area contributed by atoms with Crippen molar-refractivity contribution in [2.75, 3.05) is 6.61 Å². The number of carbonyl (C=O) groups is 1. The molecule has 0 saturated carbocycles. The van der Waals surface area contributed by atoms with Crippen LogP contribution in [0.2, 0.25) is 0 Å². The zero-order chi connectivity index (χ0) is 21.5. The third kappa shape index (κ3) is 3.22. The Balaban J connectivity index is 1.69. The van der Waals surface area contributed by atoms with Gasteiger partial charge in [0.1, 0.15) is 6.33 Å². The van der Waals surface area contributed by atoms with Gasteiger partial charge in [0.25, 0.3) is 0 Å². The van der Waals surface area contributed by atoms with Crippen LogP contribution in [0.5, 0.6) is 0 Å². The van der Waals surface area contributed by atoms with E-state index in [0.29, 0.717) is 25.1 Å². The van der Waals surface area contributed by atoms with Gasteiger partial charge in [-0.3, -0.25) is 4.57 Å². The van der Waals surface area contributed by atoms with Gasteiger partial charge in [0.15, 0.2) is 5.69 Å². The summed E-state index contributed by atoms with van der Waals surface area (Å²) >= 11 is 0. The molecule has 0 unspecified atom stereocenters. The number of benzene rings is 2. The van der Waals surface area contributed by atoms with E-state index in [4.69, 9.17) is 4.74 Å². The Hall–Kier alpha value is -3.74. The molecule has 7 heteroatoms. The summed E-state index contributed by atoms with van der Waals surface area (Å²) in [5, 5.41) is 9.05. The Morgan fingerprint density at radius 1 is 1.10 bits per heavy atom. The fraction of sp³-hybridized carbons (Fsp3) is 0.250. The zero-order valence-electron chi connectivity index (χ0n) is 17.8. The van der Waals surface area contributed by atoms with Gasteiger partial charge in [-0.25, -0.2) is 14.5 Å². The molecule has 2 aromatic heterocycles. The molecule has 156 valence electrons. The fourth-order valence-corrected chi connectivity index (χ4v) is 4.12. The highest BCUT2D eigenvalue weighted by Crippen LogP contribution is 2.31. The van der Waals surface area contributed by atoms with Crippen LogP contribution in [0.3, 0.4) is 0 Å². The highest BCUT2D eigenvalue weighted by atomic mass is 16.5. The molecule has 0 radical (unpaired) electrons. The van der Waals surface area contributed by atoms with Gasteiger partial charge in [0.05, 0.1) is 35.1 Å². The monoisotopic (exact) mass is 413 g/mol. The first-order valence-corrected chi connectivity index (χ1v) is 10.4. The summed E-state index contributed by atoms with van der Waals surface area (Å²) in [6.07, 6.45) is 2.85. The van der Waals surface area contributed by atoms with E-state index in [9.17, 15) is 4.79 Å². The second-order valence-electron chi connectivity index (χ2n) is 7.80. The molecule has 0 bridgehead atoms. The molecule has 3 heterocycles. The van der Waals surface area contributed by atoms with E-state index in [2.05, 4.69) is 47.3 Å². The molecule has 0 aliphatic carbocycles. The number of fused-ring (bicyclic) bond motifs is 5. The van der Waals surface area contributed by atoms with Crippen LogP contribution in [0.15, 0.2) is 48.8 Å². The number of imidazole rings is 1. The number of hydrogen-bond acceptors (Lipinski definition) is 5. The van der Waals surface area contributed by atoms with Crippen LogP contribution in [0.4, 0.5) is 0 Å². The molecule has 0 saturated heterocycles. The van der Waals surface area contributed by atoms with Crippen molar-refractivity contribution in [1.82, 2.24) is 24.5 Å². The van der Waals surface area contributed by atoms with Gasteiger partial charge in [-0.05, 0) is 49.6 Å². The second kappa shape index (κ2) is 7.50. The Kier molecular flexibility index (Phi) is 4.66. The molecule has 2 aromatic carbocycles. The molecule has 0 spiro atoms. The van der Waals surface area contributed by atoms with Crippen LogP contribution in [0.25, 0.3) is 11.4 Å². The Bertz CT molecular complexity index is 1300. The van der Waals surface area contributed by atoms with Crippen molar-refractivity contribution >= 4 is 5.97 Å². The smallest absolute Gasteiger partial charge is 0.358 e. The molecule has 0 fully saturated rings. The third-order valence-corrected chi connectivity index (χ3v) is 5.75. The van der Waals surface area contributed by atoms with E-state index >= 15 is 0 Å². The molecule has 4 aromatic rings. The number of ether oxygens (including phenoxy) is 1. The molecule has 1 aliphatic rings. The second-order valence-corrected chi connectivity index (χ2v) is 7.80. The van der Waals surface area contributed by atoms with Crippen molar-refractivity contribution in [3.05, 3.63) is 88.3 Å². The van der Waals surface area contributed by atoms with Crippen molar-refractivity contribution in [1.29, 1.82) is 0 Å². The summed E-state index contributed by atoms with van der Waals surface area (Å²) in [5.41, 5.74) is 8.35. The minimum atomic E-state index is -0.411. The van der Waals surface area contributed by atoms with Crippen molar-refractivity contribution in [2.45, 2.75) is 33.6 Å². The van der Waals surface area contributed by atoms with Gasteiger partial charge in [-0.1, -0.05) is 35.5 Å². The lowest BCUT2D eigenvalue weighted by Crippen LogP contribution is -2.11. The van der Waals surface area contributed by atoms with E-state index in [0.717, 1.165) is 34.0 Å². The summed E-state index contributed by atoms with van der Waals surface area (Å²) in [7, 11) is 0. The van der Waals surface area contributed by atoms with Crippen molar-refractivity contribution < 1.29 is 9.53 Å². The lowest BCUT2D eigenvalue weighted by atomic mass is 10.0. The lowest BCUT2D eigenvalue weighted by Gasteiger charge is -2.10. The van der Waals surface area contributed by atoms with Crippen LogP contribution < -0.4 is 0 Å². The van der Waals surface area contributed by atoms with Crippen LogP contribution in [0, 0.1) is 13.8 Å². The van der Waals surface area contributed by atoms with Gasteiger partial charge in [0.2, 0.25) is 0 Å². The van der Waals surface area contributed by atoms with Gasteiger partial charge >= 0.3 is 5.97 Å². The minimum Gasteiger partial charge on any atom is -0.461 e. The number of rotatable bonds is 4. The molecule has 0 N–H and O–H groups in total. The molecular formula is C24H23N5O2. The minimum absolute atomic E-state index is 0.305. The largest absolute Gasteiger partial charge is 0.461 e. The van der Waals surface area contributed by atoms with E-state index in [1.807, 2.05) is 33.5 Å². The first-order valence-electron chi connectivity index (χ1n) is 10.4. The predicted octanol–water partition coefficient (Wildman–Crippen LogP) is 3.74. The molecule has 0 amide bonds. The maximum atomic E-state index is 12.6. The number of esters is 1. The maximum Gasteiger partial charge on any atom is 0.358 e. The highest BCUT2D eigenvalue weighted by molar-refractivity contribution is 5.89. The normalized spacial score (nSPS) is 12.0. The maximum absolute atomic E-state index is 12.6. The van der Waals surface area contributed by atoms with Gasteiger partial charge in [-0.15, -0.1) is 5.10 Å². The van der Waals surface area contributed by atoms with Crippen LogP contribution >= 0.6 is 0 Å². The van der Waals surface area contributed by atoms with E-state index in [1.165, 1.54) is 11.1 Å². The van der Waals surface area contributed by atoms with E-state index < -0.39 is 5.97 Å². The summed E-state index contributed by atoms with van der Waals surface area (Å²) in [6.45, 7) is 6.25. The molecule has 5 rings (SSSR count). The Labute approximate surface area is 180 Å². The first kappa shape index (κ1) is 19.2. The van der Waals surface area contributed by atoms with Crippen molar-refractivity contribution in [2.24, 2.45) is 0 Å². The summed E-state index contributed by atoms with van der Waals surface area (Å²) in [5.74, 6) is -0.411. The number of aryl methyl sites for hydroxylation is 2. The summed E-state index contributed by atoms with van der Waals surface area (Å²) < 4.78 is 9.12. The predicted molar refractivity (Wildman–Crippen MR) is 116 cm³/mol. The number of carbonyl (C=O) groups excluding carboxylic acids is 1. The van der Waals surface area contributed by atoms with Crippen LogP contribution in [-0.2, 0) is 17.6 Å². The Morgan fingerprint density at radius 3 is 2.74 bits per heavy atom. The van der Waals surface area contributed by atoms with Crippen LogP contribution in [-0.4, -0.2) is 37.1 Å². The average Bonchev–Trinajstić information content (AvgIpc) is 3.32. The zero-order valence-corrected chi connectivity index (χ0v) is 17.8. The number of nitrogens with zero attached hydrogens (tertiary/aromatic N) is 5. The average molecular weight is 413 g/mol. The number of hydrogen-bond donors (Lipinski definition) is 0. The topological polar surface area (TPSA) is 74.8 Å². The Morgan fingerprint density at radius 2 is 1.94 bits per heavy atom. The molecule has 0 atom stereocenters. The summed E-state index contributed by atoms with van der Waals surface area (Å²) in [6, 6.07) is 14.5. The standard InChI is InChI=1S/C24H23N5O2/c1-4-31-24(30)23-22-13-20-18(12-17-8-6-5-7-16(17)3)26-27-29(20)21-11-15(2)9-10-19(21)28(22)14-25-23/h5-11,14H,4,12-13H2,1-3H3. The van der Waals surface area contributed by atoms with Crippen LogP contribution in [0.1, 0.15) is 51.2 Å². The molecule has 31 heavy (non-hydrogen) atoms. The van der Waals surface area contributed by atoms with Crippen molar-refractivity contribution in [3.63, 3.8) is 0 Å². The molecule has 7 nitrogen and oxygen atoms in total. The molecule has 1 aliphatic heterocycles. The van der Waals surface area contributed by atoms with E-state index in [1.54, 1.807) is 13.3 Å². The lowest BCUT2D eigenvalue weighted by molar-refractivity contribution is 0.0519.